The lowest BCUT2D eigenvalue weighted by Gasteiger charge is -2.32. The van der Waals surface area contributed by atoms with E-state index < -0.39 is 0 Å². The van der Waals surface area contributed by atoms with Crippen LogP contribution in [0.15, 0.2) is 12.3 Å². The first-order chi connectivity index (χ1) is 11.3. The molecule has 1 atom stereocenters. The smallest absolute Gasteiger partial charge is 0.228 e. The van der Waals surface area contributed by atoms with Crippen molar-refractivity contribution in [2.75, 3.05) is 38.2 Å². The Morgan fingerprint density at radius 2 is 2.08 bits per heavy atom. The van der Waals surface area contributed by atoms with Crippen LogP contribution in [-0.2, 0) is 4.79 Å². The molecule has 2 aliphatic heterocycles. The van der Waals surface area contributed by atoms with Gasteiger partial charge in [-0.3, -0.25) is 4.79 Å². The molecule has 25 heavy (non-hydrogen) atoms. The third-order valence-corrected chi connectivity index (χ3v) is 4.62. The fourth-order valence-corrected chi connectivity index (χ4v) is 3.23. The molecule has 9 heteroatoms. The monoisotopic (exact) mass is 391 g/mol. The number of halogens is 2. The van der Waals surface area contributed by atoms with Gasteiger partial charge in [0.15, 0.2) is 0 Å². The predicted octanol–water partition coefficient (Wildman–Crippen LogP) is 1.41. The summed E-state index contributed by atoms with van der Waals surface area (Å²) in [7, 11) is 1.60. The van der Waals surface area contributed by atoms with E-state index in [2.05, 4.69) is 25.5 Å². The number of carbonyl (C=O) groups excluding carboxylic acids is 1. The van der Waals surface area contributed by atoms with Gasteiger partial charge in [-0.05, 0) is 32.2 Å². The molecule has 2 fully saturated rings. The normalized spacial score (nSPS) is 20.8. The van der Waals surface area contributed by atoms with Crippen molar-refractivity contribution in [1.29, 1.82) is 0 Å². The van der Waals surface area contributed by atoms with Gasteiger partial charge in [0.25, 0.3) is 0 Å². The second kappa shape index (κ2) is 10.6. The zero-order chi connectivity index (χ0) is 16.1. The number of nitrogens with one attached hydrogen (secondary N) is 2. The molecule has 0 aromatic carbocycles. The summed E-state index contributed by atoms with van der Waals surface area (Å²) in [6.45, 7) is 3.55. The van der Waals surface area contributed by atoms with Crippen LogP contribution in [0.4, 0.5) is 5.95 Å². The summed E-state index contributed by atoms with van der Waals surface area (Å²) >= 11 is 0. The van der Waals surface area contributed by atoms with Gasteiger partial charge >= 0.3 is 0 Å². The topological polar surface area (TPSA) is 79.4 Å². The van der Waals surface area contributed by atoms with Gasteiger partial charge in [-0.25, -0.2) is 4.98 Å². The quantitative estimate of drug-likeness (QED) is 0.807. The molecule has 0 unspecified atom stereocenters. The summed E-state index contributed by atoms with van der Waals surface area (Å²) in [6.07, 6.45) is 5.60. The number of ether oxygens (including phenoxy) is 1. The highest BCUT2D eigenvalue weighted by molar-refractivity contribution is 5.85. The van der Waals surface area contributed by atoms with Crippen LogP contribution in [0.1, 0.15) is 25.7 Å². The summed E-state index contributed by atoms with van der Waals surface area (Å²) in [5, 5.41) is 6.52. The van der Waals surface area contributed by atoms with E-state index in [-0.39, 0.29) is 42.7 Å². The summed E-state index contributed by atoms with van der Waals surface area (Å²) < 4.78 is 5.14. The molecule has 7 nitrogen and oxygen atoms in total. The first-order valence-electron chi connectivity index (χ1n) is 8.39. The van der Waals surface area contributed by atoms with E-state index in [9.17, 15) is 4.79 Å². The molecule has 0 saturated carbocycles. The van der Waals surface area contributed by atoms with Gasteiger partial charge in [0.05, 0.1) is 7.11 Å². The fourth-order valence-electron chi connectivity index (χ4n) is 3.23. The van der Waals surface area contributed by atoms with E-state index in [1.54, 1.807) is 19.4 Å². The highest BCUT2D eigenvalue weighted by Gasteiger charge is 2.28. The van der Waals surface area contributed by atoms with Crippen LogP contribution < -0.4 is 20.3 Å². The molecule has 0 bridgehead atoms. The Bertz CT molecular complexity index is 535. The third-order valence-electron chi connectivity index (χ3n) is 4.62. The number of piperidine rings is 2. The van der Waals surface area contributed by atoms with Crippen molar-refractivity contribution in [3.8, 4) is 5.88 Å². The number of methoxy groups -OCH3 is 1. The SMILES string of the molecule is COc1ccnc(N2CCC(C(=O)N[C@H]3CCCNC3)CC2)n1.Cl.Cl. The molecule has 1 aromatic heterocycles. The van der Waals surface area contributed by atoms with Gasteiger partial charge in [-0.2, -0.15) is 4.98 Å². The number of hydrogen-bond acceptors (Lipinski definition) is 6. The Hall–Kier alpha value is -1.31. The Morgan fingerprint density at radius 3 is 2.72 bits per heavy atom. The lowest BCUT2D eigenvalue weighted by molar-refractivity contribution is -0.126. The highest BCUT2D eigenvalue weighted by Crippen LogP contribution is 2.22. The van der Waals surface area contributed by atoms with Crippen LogP contribution in [-0.4, -0.2) is 55.2 Å². The largest absolute Gasteiger partial charge is 0.481 e. The van der Waals surface area contributed by atoms with E-state index in [4.69, 9.17) is 4.74 Å². The van der Waals surface area contributed by atoms with Gasteiger partial charge in [0.1, 0.15) is 0 Å². The van der Waals surface area contributed by atoms with E-state index in [1.807, 2.05) is 0 Å². The molecule has 2 saturated heterocycles. The predicted molar refractivity (Wildman–Crippen MR) is 102 cm³/mol. The van der Waals surface area contributed by atoms with Gasteiger partial charge in [-0.15, -0.1) is 24.8 Å². The van der Waals surface area contributed by atoms with Crippen molar-refractivity contribution in [1.82, 2.24) is 20.6 Å². The van der Waals surface area contributed by atoms with Crippen LogP contribution in [0.5, 0.6) is 5.88 Å². The van der Waals surface area contributed by atoms with Gasteiger partial charge < -0.3 is 20.3 Å². The average Bonchev–Trinajstić information content (AvgIpc) is 2.63. The Kier molecular flexibility index (Phi) is 9.24. The minimum absolute atomic E-state index is 0. The molecule has 0 radical (unpaired) electrons. The minimum atomic E-state index is 0. The number of hydrogen-bond donors (Lipinski definition) is 2. The molecule has 0 spiro atoms. The van der Waals surface area contributed by atoms with E-state index in [1.165, 1.54) is 0 Å². The Balaban J connectivity index is 0.00000156. The zero-order valence-electron chi connectivity index (χ0n) is 14.4. The average molecular weight is 392 g/mol. The van der Waals surface area contributed by atoms with E-state index in [0.29, 0.717) is 11.8 Å². The van der Waals surface area contributed by atoms with Gasteiger partial charge in [-0.1, -0.05) is 0 Å². The number of carbonyl (C=O) groups is 1. The maximum Gasteiger partial charge on any atom is 0.228 e. The van der Waals surface area contributed by atoms with Crippen molar-refractivity contribution in [3.63, 3.8) is 0 Å². The van der Waals surface area contributed by atoms with Crippen LogP contribution in [0, 0.1) is 5.92 Å². The summed E-state index contributed by atoms with van der Waals surface area (Å²) in [4.78, 5) is 23.2. The molecule has 1 amide bonds. The first kappa shape index (κ1) is 21.7. The second-order valence-electron chi connectivity index (χ2n) is 6.21. The number of anilines is 1. The van der Waals surface area contributed by atoms with Crippen molar-refractivity contribution >= 4 is 36.7 Å². The molecule has 3 heterocycles. The minimum Gasteiger partial charge on any atom is -0.481 e. The summed E-state index contributed by atoms with van der Waals surface area (Å²) in [5.74, 6) is 1.54. The Labute approximate surface area is 161 Å². The summed E-state index contributed by atoms with van der Waals surface area (Å²) in [6, 6.07) is 2.03. The van der Waals surface area contributed by atoms with Crippen LogP contribution in [0.3, 0.4) is 0 Å². The molecule has 2 N–H and O–H groups in total. The lowest BCUT2D eigenvalue weighted by atomic mass is 9.95. The Morgan fingerprint density at radius 1 is 1.32 bits per heavy atom. The third kappa shape index (κ3) is 5.87. The van der Waals surface area contributed by atoms with Gasteiger partial charge in [0, 0.05) is 43.9 Å². The van der Waals surface area contributed by atoms with Crippen LogP contribution in [0.2, 0.25) is 0 Å². The number of aromatic nitrogens is 2. The lowest BCUT2D eigenvalue weighted by Crippen LogP contribution is -2.49. The van der Waals surface area contributed by atoms with Crippen LogP contribution >= 0.6 is 24.8 Å². The number of rotatable bonds is 4. The molecular weight excluding hydrogens is 365 g/mol. The van der Waals surface area contributed by atoms with Gasteiger partial charge in [0.2, 0.25) is 17.7 Å². The maximum atomic E-state index is 12.4. The number of nitrogens with zero attached hydrogens (tertiary/aromatic N) is 3. The highest BCUT2D eigenvalue weighted by atomic mass is 35.5. The van der Waals surface area contributed by atoms with Crippen LogP contribution in [0.25, 0.3) is 0 Å². The fraction of sp³-hybridized carbons (Fsp3) is 0.688. The van der Waals surface area contributed by atoms with Crippen molar-refractivity contribution in [3.05, 3.63) is 12.3 Å². The molecule has 0 aliphatic carbocycles. The maximum absolute atomic E-state index is 12.4. The number of amides is 1. The summed E-state index contributed by atoms with van der Waals surface area (Å²) in [5.41, 5.74) is 0. The molecule has 2 aliphatic rings. The van der Waals surface area contributed by atoms with Crippen molar-refractivity contribution in [2.45, 2.75) is 31.7 Å². The van der Waals surface area contributed by atoms with E-state index >= 15 is 0 Å². The zero-order valence-corrected chi connectivity index (χ0v) is 16.1. The van der Waals surface area contributed by atoms with Crippen molar-refractivity contribution < 1.29 is 9.53 Å². The molecule has 3 rings (SSSR count). The second-order valence-corrected chi connectivity index (χ2v) is 6.21. The standard InChI is InChI=1S/C16H25N5O2.2ClH/c1-23-14-4-8-18-16(20-14)21-9-5-12(6-10-21)15(22)19-13-3-2-7-17-11-13;;/h4,8,12-13,17H,2-3,5-7,9-11H2,1H3,(H,19,22);2*1H/t13-;;/m0../s1. The first-order valence-corrected chi connectivity index (χ1v) is 8.39. The molecular formula is C16H27Cl2N5O2. The van der Waals surface area contributed by atoms with E-state index in [0.717, 1.165) is 51.9 Å². The molecule has 1 aromatic rings. The van der Waals surface area contributed by atoms with Crippen molar-refractivity contribution in [2.24, 2.45) is 5.92 Å². The molecule has 142 valence electrons.